The van der Waals surface area contributed by atoms with E-state index in [9.17, 15) is 18.4 Å². The van der Waals surface area contributed by atoms with Crippen LogP contribution in [0.15, 0.2) is 18.2 Å². The Morgan fingerprint density at radius 3 is 2.46 bits per heavy atom. The SMILES string of the molecule is O=C(CCN(C(=O)c1ccc(F)c(F)c1)C1CCCC1)N1CCNCC1. The molecule has 1 heterocycles. The van der Waals surface area contributed by atoms with Gasteiger partial charge in [-0.05, 0) is 31.0 Å². The van der Waals surface area contributed by atoms with Crippen LogP contribution in [0.4, 0.5) is 8.78 Å². The summed E-state index contributed by atoms with van der Waals surface area (Å²) in [4.78, 5) is 28.8. The minimum absolute atomic E-state index is 0.0348. The fourth-order valence-corrected chi connectivity index (χ4v) is 3.75. The molecule has 1 aliphatic carbocycles. The largest absolute Gasteiger partial charge is 0.340 e. The van der Waals surface area contributed by atoms with Gasteiger partial charge < -0.3 is 15.1 Å². The maximum Gasteiger partial charge on any atom is 0.254 e. The third-order valence-electron chi connectivity index (χ3n) is 5.23. The molecule has 2 aliphatic rings. The van der Waals surface area contributed by atoms with Gasteiger partial charge in [0.1, 0.15) is 0 Å². The van der Waals surface area contributed by atoms with Crippen LogP contribution in [-0.2, 0) is 4.79 Å². The van der Waals surface area contributed by atoms with Crippen LogP contribution in [-0.4, -0.2) is 60.4 Å². The molecule has 7 heteroatoms. The third kappa shape index (κ3) is 4.38. The Bertz CT molecular complexity index is 656. The Morgan fingerprint density at radius 2 is 1.81 bits per heavy atom. The Labute approximate surface area is 152 Å². The molecule has 1 aromatic rings. The molecule has 0 aromatic heterocycles. The Kier molecular flexibility index (Phi) is 6.19. The second-order valence-electron chi connectivity index (χ2n) is 6.95. The predicted octanol–water partition coefficient (Wildman–Crippen LogP) is 2.17. The molecule has 2 fully saturated rings. The summed E-state index contributed by atoms with van der Waals surface area (Å²) in [5.41, 5.74) is 0.130. The first-order valence-corrected chi connectivity index (χ1v) is 9.31. The van der Waals surface area contributed by atoms with Gasteiger partial charge in [-0.15, -0.1) is 0 Å². The number of rotatable bonds is 5. The molecule has 0 spiro atoms. The van der Waals surface area contributed by atoms with E-state index in [1.54, 1.807) is 4.90 Å². The van der Waals surface area contributed by atoms with Crippen molar-refractivity contribution < 1.29 is 18.4 Å². The number of piperazine rings is 1. The summed E-state index contributed by atoms with van der Waals surface area (Å²) in [6.45, 7) is 3.24. The van der Waals surface area contributed by atoms with Crippen LogP contribution in [0.3, 0.4) is 0 Å². The normalized spacial score (nSPS) is 18.2. The van der Waals surface area contributed by atoms with Crippen molar-refractivity contribution in [2.24, 2.45) is 0 Å². The number of amides is 2. The molecule has 1 saturated heterocycles. The van der Waals surface area contributed by atoms with E-state index in [2.05, 4.69) is 5.32 Å². The zero-order chi connectivity index (χ0) is 18.5. The maximum absolute atomic E-state index is 13.5. The molecular weight excluding hydrogens is 340 g/mol. The van der Waals surface area contributed by atoms with Crippen LogP contribution >= 0.6 is 0 Å². The topological polar surface area (TPSA) is 52.7 Å². The van der Waals surface area contributed by atoms with Crippen LogP contribution in [0.1, 0.15) is 42.5 Å². The van der Waals surface area contributed by atoms with Crippen LogP contribution in [0.2, 0.25) is 0 Å². The first kappa shape index (κ1) is 18.8. The van der Waals surface area contributed by atoms with Crippen molar-refractivity contribution in [2.45, 2.75) is 38.1 Å². The number of halogens is 2. The quantitative estimate of drug-likeness (QED) is 0.870. The smallest absolute Gasteiger partial charge is 0.254 e. The molecule has 142 valence electrons. The van der Waals surface area contributed by atoms with Crippen LogP contribution in [0.25, 0.3) is 0 Å². The van der Waals surface area contributed by atoms with E-state index < -0.39 is 11.6 Å². The van der Waals surface area contributed by atoms with Crippen molar-refractivity contribution in [1.82, 2.24) is 15.1 Å². The number of benzene rings is 1. The van der Waals surface area contributed by atoms with Gasteiger partial charge >= 0.3 is 0 Å². The summed E-state index contributed by atoms with van der Waals surface area (Å²) in [6, 6.07) is 3.28. The maximum atomic E-state index is 13.5. The molecule has 1 aliphatic heterocycles. The first-order chi connectivity index (χ1) is 12.6. The molecule has 5 nitrogen and oxygen atoms in total. The van der Waals surface area contributed by atoms with Crippen LogP contribution < -0.4 is 5.32 Å². The van der Waals surface area contributed by atoms with Gasteiger partial charge in [0.25, 0.3) is 5.91 Å². The first-order valence-electron chi connectivity index (χ1n) is 9.31. The van der Waals surface area contributed by atoms with E-state index in [-0.39, 0.29) is 29.8 Å². The lowest BCUT2D eigenvalue weighted by Crippen LogP contribution is -2.48. The number of carbonyl (C=O) groups is 2. The molecular formula is C19H25F2N3O2. The van der Waals surface area contributed by atoms with Crippen molar-refractivity contribution in [1.29, 1.82) is 0 Å². The predicted molar refractivity (Wildman–Crippen MR) is 93.7 cm³/mol. The van der Waals surface area contributed by atoms with E-state index in [1.165, 1.54) is 6.07 Å². The Hall–Kier alpha value is -2.02. The Balaban J connectivity index is 1.69. The van der Waals surface area contributed by atoms with Crippen molar-refractivity contribution in [3.63, 3.8) is 0 Å². The second kappa shape index (κ2) is 8.58. The number of carbonyl (C=O) groups excluding carboxylic acids is 2. The minimum Gasteiger partial charge on any atom is -0.340 e. The fourth-order valence-electron chi connectivity index (χ4n) is 3.75. The molecule has 0 atom stereocenters. The van der Waals surface area contributed by atoms with Gasteiger partial charge in [-0.1, -0.05) is 12.8 Å². The monoisotopic (exact) mass is 365 g/mol. The van der Waals surface area contributed by atoms with Crippen molar-refractivity contribution in [3.05, 3.63) is 35.4 Å². The van der Waals surface area contributed by atoms with Crippen LogP contribution in [0, 0.1) is 11.6 Å². The summed E-state index contributed by atoms with van der Waals surface area (Å²) in [5, 5.41) is 3.20. The number of hydrogen-bond donors (Lipinski definition) is 1. The summed E-state index contributed by atoms with van der Waals surface area (Å²) in [6.07, 6.45) is 4.11. The molecule has 26 heavy (non-hydrogen) atoms. The van der Waals surface area contributed by atoms with Gasteiger partial charge in [0.2, 0.25) is 5.91 Å². The molecule has 3 rings (SSSR count). The zero-order valence-electron chi connectivity index (χ0n) is 14.8. The van der Waals surface area contributed by atoms with Gasteiger partial charge in [-0.25, -0.2) is 8.78 Å². The molecule has 0 bridgehead atoms. The van der Waals surface area contributed by atoms with Gasteiger partial charge in [-0.2, -0.15) is 0 Å². The molecule has 0 unspecified atom stereocenters. The van der Waals surface area contributed by atoms with Gasteiger partial charge in [-0.3, -0.25) is 9.59 Å². The van der Waals surface area contributed by atoms with Crippen LogP contribution in [0.5, 0.6) is 0 Å². The molecule has 1 saturated carbocycles. The summed E-state index contributed by atoms with van der Waals surface area (Å²) in [5.74, 6) is -2.29. The lowest BCUT2D eigenvalue weighted by molar-refractivity contribution is -0.132. The van der Waals surface area contributed by atoms with Crippen molar-refractivity contribution in [3.8, 4) is 0 Å². The van der Waals surface area contributed by atoms with Gasteiger partial charge in [0, 0.05) is 50.7 Å². The Morgan fingerprint density at radius 1 is 1.12 bits per heavy atom. The van der Waals surface area contributed by atoms with E-state index in [4.69, 9.17) is 0 Å². The van der Waals surface area contributed by atoms with Gasteiger partial charge in [0.15, 0.2) is 11.6 Å². The highest BCUT2D eigenvalue weighted by atomic mass is 19.2. The fraction of sp³-hybridized carbons (Fsp3) is 0.579. The van der Waals surface area contributed by atoms with E-state index in [0.717, 1.165) is 50.9 Å². The molecule has 1 N–H and O–H groups in total. The summed E-state index contributed by atoms with van der Waals surface area (Å²) in [7, 11) is 0. The third-order valence-corrected chi connectivity index (χ3v) is 5.23. The number of hydrogen-bond acceptors (Lipinski definition) is 3. The molecule has 1 aromatic carbocycles. The van der Waals surface area contributed by atoms with Crippen molar-refractivity contribution in [2.75, 3.05) is 32.7 Å². The highest BCUT2D eigenvalue weighted by Crippen LogP contribution is 2.25. The highest BCUT2D eigenvalue weighted by molar-refractivity contribution is 5.94. The molecule has 2 amide bonds. The summed E-state index contributed by atoms with van der Waals surface area (Å²) >= 11 is 0. The average molecular weight is 365 g/mol. The summed E-state index contributed by atoms with van der Waals surface area (Å²) < 4.78 is 26.7. The lowest BCUT2D eigenvalue weighted by atomic mass is 10.1. The molecule has 0 radical (unpaired) electrons. The highest BCUT2D eigenvalue weighted by Gasteiger charge is 2.29. The van der Waals surface area contributed by atoms with E-state index >= 15 is 0 Å². The van der Waals surface area contributed by atoms with E-state index in [1.807, 2.05) is 4.90 Å². The standard InChI is InChI=1S/C19H25F2N3O2/c20-16-6-5-14(13-17(16)21)19(26)24(15-3-1-2-4-15)10-7-18(25)23-11-8-22-9-12-23/h5-6,13,15,22H,1-4,7-12H2. The van der Waals surface area contributed by atoms with E-state index in [0.29, 0.717) is 19.6 Å². The lowest BCUT2D eigenvalue weighted by Gasteiger charge is -2.31. The second-order valence-corrected chi connectivity index (χ2v) is 6.95. The number of nitrogens with zero attached hydrogens (tertiary/aromatic N) is 2. The van der Waals surface area contributed by atoms with Crippen molar-refractivity contribution >= 4 is 11.8 Å². The number of nitrogens with one attached hydrogen (secondary N) is 1. The zero-order valence-corrected chi connectivity index (χ0v) is 14.8. The average Bonchev–Trinajstić information content (AvgIpc) is 3.19. The minimum atomic E-state index is -1.03. The van der Waals surface area contributed by atoms with Gasteiger partial charge in [0.05, 0.1) is 0 Å².